The number of thioether (sulfide) groups is 1. The average Bonchev–Trinajstić information content (AvgIpc) is 2.70. The average molecular weight is 386 g/mol. The third-order valence-electron chi connectivity index (χ3n) is 4.64. The Morgan fingerprint density at radius 3 is 2.44 bits per heavy atom. The lowest BCUT2D eigenvalue weighted by Gasteiger charge is -2.26. The van der Waals surface area contributed by atoms with Crippen LogP contribution in [0.1, 0.15) is 42.7 Å². The Morgan fingerprint density at radius 2 is 1.85 bits per heavy atom. The lowest BCUT2D eigenvalue weighted by atomic mass is 9.98. The van der Waals surface area contributed by atoms with E-state index in [1.807, 2.05) is 49.1 Å². The molecule has 146 valence electrons. The van der Waals surface area contributed by atoms with Crippen LogP contribution in [0, 0.1) is 5.92 Å². The molecule has 27 heavy (non-hydrogen) atoms. The molecule has 1 heterocycles. The van der Waals surface area contributed by atoms with Gasteiger partial charge in [-0.3, -0.25) is 9.78 Å². The Morgan fingerprint density at radius 1 is 1.15 bits per heavy atom. The Kier molecular flexibility index (Phi) is 8.82. The highest BCUT2D eigenvalue weighted by atomic mass is 32.2. The number of aromatic nitrogens is 1. The van der Waals surface area contributed by atoms with Crippen molar-refractivity contribution in [2.45, 2.75) is 31.6 Å². The van der Waals surface area contributed by atoms with Crippen molar-refractivity contribution in [3.8, 4) is 0 Å². The molecule has 0 saturated heterocycles. The summed E-state index contributed by atoms with van der Waals surface area (Å²) in [6.07, 6.45) is 4.53. The first-order valence-corrected chi connectivity index (χ1v) is 10.6. The highest BCUT2D eigenvalue weighted by Gasteiger charge is 2.27. The van der Waals surface area contributed by atoms with Gasteiger partial charge in [-0.25, -0.2) is 0 Å². The van der Waals surface area contributed by atoms with Gasteiger partial charge in [0.1, 0.15) is 0 Å². The molecule has 0 saturated carbocycles. The molecular weight excluding hydrogens is 354 g/mol. The summed E-state index contributed by atoms with van der Waals surface area (Å²) in [5.74, 6) is 0.927. The van der Waals surface area contributed by atoms with Gasteiger partial charge < -0.3 is 10.2 Å². The molecule has 2 rings (SSSR count). The van der Waals surface area contributed by atoms with Crippen LogP contribution < -0.4 is 5.32 Å². The van der Waals surface area contributed by atoms with Crippen molar-refractivity contribution >= 4 is 17.7 Å². The van der Waals surface area contributed by atoms with Crippen molar-refractivity contribution in [2.75, 3.05) is 26.4 Å². The van der Waals surface area contributed by atoms with E-state index in [0.29, 0.717) is 0 Å². The monoisotopic (exact) mass is 385 g/mol. The maximum absolute atomic E-state index is 13.0. The zero-order valence-corrected chi connectivity index (χ0v) is 17.6. The second-order valence-electron chi connectivity index (χ2n) is 7.05. The molecule has 1 N–H and O–H groups in total. The fourth-order valence-electron chi connectivity index (χ4n) is 2.98. The summed E-state index contributed by atoms with van der Waals surface area (Å²) in [6.45, 7) is 5.11. The molecule has 1 aromatic carbocycles. The molecule has 0 fully saturated rings. The van der Waals surface area contributed by atoms with Gasteiger partial charge in [-0.1, -0.05) is 50.2 Å². The zero-order valence-electron chi connectivity index (χ0n) is 16.8. The van der Waals surface area contributed by atoms with E-state index in [1.54, 1.807) is 6.20 Å². The van der Waals surface area contributed by atoms with Crippen LogP contribution in [-0.2, 0) is 4.79 Å². The van der Waals surface area contributed by atoms with Crippen LogP contribution in [0.3, 0.4) is 0 Å². The number of carbonyl (C=O) groups is 1. The van der Waals surface area contributed by atoms with Crippen LogP contribution in [0.4, 0.5) is 0 Å². The maximum atomic E-state index is 13.0. The summed E-state index contributed by atoms with van der Waals surface area (Å²) in [6, 6.07) is 14.2. The topological polar surface area (TPSA) is 45.2 Å². The number of pyridine rings is 1. The minimum atomic E-state index is -0.140. The van der Waals surface area contributed by atoms with E-state index in [-0.39, 0.29) is 23.1 Å². The third-order valence-corrected chi connectivity index (χ3v) is 6.10. The van der Waals surface area contributed by atoms with Crippen LogP contribution in [0.15, 0.2) is 54.9 Å². The standard InChI is InChI=1S/C22H31N3OS/c1-5-20(18-10-7-6-8-11-18)24-22(26)17(2)21(27-15-14-25(3)4)19-12-9-13-23-16-19/h6-13,16-17,20-21H,5,14-15H2,1-4H3,(H,24,26). The number of nitrogens with zero attached hydrogens (tertiary/aromatic N) is 2. The molecule has 1 aromatic heterocycles. The molecule has 4 nitrogen and oxygen atoms in total. The number of rotatable bonds is 10. The van der Waals surface area contributed by atoms with Crippen molar-refractivity contribution in [1.29, 1.82) is 0 Å². The first-order valence-electron chi connectivity index (χ1n) is 9.54. The molecule has 5 heteroatoms. The Bertz CT molecular complexity index is 678. The van der Waals surface area contributed by atoms with Crippen molar-refractivity contribution in [2.24, 2.45) is 5.92 Å². The summed E-state index contributed by atoms with van der Waals surface area (Å²) in [7, 11) is 4.14. The van der Waals surface area contributed by atoms with Crippen LogP contribution in [0.25, 0.3) is 0 Å². The number of hydrogen-bond donors (Lipinski definition) is 1. The fraction of sp³-hybridized carbons (Fsp3) is 0.455. The minimum absolute atomic E-state index is 0.0440. The predicted octanol–water partition coefficient (Wildman–Crippen LogP) is 4.32. The summed E-state index contributed by atoms with van der Waals surface area (Å²) < 4.78 is 0. The van der Waals surface area contributed by atoms with E-state index in [2.05, 4.69) is 54.4 Å². The van der Waals surface area contributed by atoms with Gasteiger partial charge in [-0.15, -0.1) is 0 Å². The van der Waals surface area contributed by atoms with E-state index >= 15 is 0 Å². The summed E-state index contributed by atoms with van der Waals surface area (Å²) in [5, 5.41) is 3.34. The molecule has 0 bridgehead atoms. The minimum Gasteiger partial charge on any atom is -0.349 e. The summed E-state index contributed by atoms with van der Waals surface area (Å²) in [4.78, 5) is 19.5. The van der Waals surface area contributed by atoms with Crippen LogP contribution in [0.2, 0.25) is 0 Å². The van der Waals surface area contributed by atoms with Gasteiger partial charge in [-0.05, 0) is 37.7 Å². The molecule has 2 aromatic rings. The SMILES string of the molecule is CCC(NC(=O)C(C)C(SCCN(C)C)c1cccnc1)c1ccccc1. The molecule has 0 aliphatic rings. The highest BCUT2D eigenvalue weighted by Crippen LogP contribution is 2.36. The quantitative estimate of drug-likeness (QED) is 0.661. The van der Waals surface area contributed by atoms with Gasteiger partial charge in [-0.2, -0.15) is 11.8 Å². The van der Waals surface area contributed by atoms with E-state index in [1.165, 1.54) is 0 Å². The zero-order chi connectivity index (χ0) is 19.6. The van der Waals surface area contributed by atoms with Crippen molar-refractivity contribution < 1.29 is 4.79 Å². The fourth-order valence-corrected chi connectivity index (χ4v) is 4.45. The molecule has 0 radical (unpaired) electrons. The molecule has 3 unspecified atom stereocenters. The predicted molar refractivity (Wildman–Crippen MR) is 115 cm³/mol. The lowest BCUT2D eigenvalue weighted by molar-refractivity contribution is -0.125. The van der Waals surface area contributed by atoms with Crippen molar-refractivity contribution in [3.05, 3.63) is 66.0 Å². The molecule has 3 atom stereocenters. The first kappa shape index (κ1) is 21.5. The van der Waals surface area contributed by atoms with Gasteiger partial charge in [0.05, 0.1) is 12.0 Å². The van der Waals surface area contributed by atoms with E-state index in [4.69, 9.17) is 0 Å². The Balaban J connectivity index is 2.10. The largest absolute Gasteiger partial charge is 0.349 e. The summed E-state index contributed by atoms with van der Waals surface area (Å²) >= 11 is 1.83. The Labute approximate surface area is 167 Å². The van der Waals surface area contributed by atoms with Gasteiger partial charge in [0, 0.05) is 29.9 Å². The molecule has 0 aliphatic heterocycles. The smallest absolute Gasteiger partial charge is 0.224 e. The van der Waals surface area contributed by atoms with Gasteiger partial charge in [0.2, 0.25) is 5.91 Å². The van der Waals surface area contributed by atoms with E-state index in [0.717, 1.165) is 29.8 Å². The van der Waals surface area contributed by atoms with E-state index < -0.39 is 0 Å². The Hall–Kier alpha value is -1.85. The highest BCUT2D eigenvalue weighted by molar-refractivity contribution is 7.99. The van der Waals surface area contributed by atoms with Gasteiger partial charge >= 0.3 is 0 Å². The van der Waals surface area contributed by atoms with Crippen LogP contribution >= 0.6 is 11.8 Å². The van der Waals surface area contributed by atoms with Crippen LogP contribution in [0.5, 0.6) is 0 Å². The van der Waals surface area contributed by atoms with Gasteiger partial charge in [0.25, 0.3) is 0 Å². The number of amides is 1. The van der Waals surface area contributed by atoms with Crippen molar-refractivity contribution in [1.82, 2.24) is 15.2 Å². The number of benzene rings is 1. The third kappa shape index (κ3) is 6.67. The molecule has 0 aliphatic carbocycles. The first-order chi connectivity index (χ1) is 13.0. The van der Waals surface area contributed by atoms with Crippen molar-refractivity contribution in [3.63, 3.8) is 0 Å². The molecule has 1 amide bonds. The number of carbonyl (C=O) groups excluding carboxylic acids is 1. The van der Waals surface area contributed by atoms with Gasteiger partial charge in [0.15, 0.2) is 0 Å². The van der Waals surface area contributed by atoms with Crippen LogP contribution in [-0.4, -0.2) is 42.2 Å². The molecular formula is C22H31N3OS. The second kappa shape index (κ2) is 11.1. The normalized spacial score (nSPS) is 14.6. The lowest BCUT2D eigenvalue weighted by Crippen LogP contribution is -2.35. The maximum Gasteiger partial charge on any atom is 0.224 e. The number of nitrogens with one attached hydrogen (secondary N) is 1. The second-order valence-corrected chi connectivity index (χ2v) is 8.30. The molecule has 0 spiro atoms. The van der Waals surface area contributed by atoms with E-state index in [9.17, 15) is 4.79 Å². The summed E-state index contributed by atoms with van der Waals surface area (Å²) in [5.41, 5.74) is 2.26. The number of hydrogen-bond acceptors (Lipinski definition) is 4.